The summed E-state index contributed by atoms with van der Waals surface area (Å²) in [5.41, 5.74) is 3.79. The normalized spacial score (nSPS) is 19.9. The van der Waals surface area contributed by atoms with Crippen molar-refractivity contribution in [2.75, 3.05) is 37.6 Å². The zero-order valence-corrected chi connectivity index (χ0v) is 20.4. The molecule has 2 saturated heterocycles. The van der Waals surface area contributed by atoms with Crippen LogP contribution >= 0.6 is 0 Å². The second kappa shape index (κ2) is 9.61. The highest BCUT2D eigenvalue weighted by Crippen LogP contribution is 2.43. The van der Waals surface area contributed by atoms with Crippen molar-refractivity contribution in [1.29, 1.82) is 0 Å². The number of anilines is 1. The molecule has 0 amide bonds. The Kier molecular flexibility index (Phi) is 6.19. The van der Waals surface area contributed by atoms with E-state index in [9.17, 15) is 9.90 Å². The molecule has 1 aromatic carbocycles. The van der Waals surface area contributed by atoms with E-state index in [4.69, 9.17) is 5.10 Å². The average molecular weight is 474 g/mol. The summed E-state index contributed by atoms with van der Waals surface area (Å²) in [6, 6.07) is 11.8. The number of piperidine rings is 1. The monoisotopic (exact) mass is 473 g/mol. The van der Waals surface area contributed by atoms with Gasteiger partial charge in [-0.2, -0.15) is 5.10 Å². The number of carboxylic acids is 1. The number of rotatable bonds is 7. The van der Waals surface area contributed by atoms with Gasteiger partial charge >= 0.3 is 5.97 Å². The van der Waals surface area contributed by atoms with E-state index in [1.165, 1.54) is 45.3 Å². The standard InChI is InChI=1S/C28H35N5O2/c34-28(35)23-19-24(32-17-12-20(13-18-32)11-16-31-14-4-5-15-31)25-26(21-7-6-8-21)30-33(27(25)29-23)22-9-2-1-3-10-22/h1-3,9-10,19-21H,4-8,11-18H2,(H,34,35). The van der Waals surface area contributed by atoms with Crippen molar-refractivity contribution in [1.82, 2.24) is 19.7 Å². The van der Waals surface area contributed by atoms with E-state index in [0.717, 1.165) is 67.1 Å². The molecule has 2 aliphatic heterocycles. The number of hydrogen-bond donors (Lipinski definition) is 1. The first-order chi connectivity index (χ1) is 17.2. The molecule has 184 valence electrons. The highest BCUT2D eigenvalue weighted by molar-refractivity contribution is 5.98. The van der Waals surface area contributed by atoms with Gasteiger partial charge in [0, 0.05) is 19.0 Å². The molecule has 7 nitrogen and oxygen atoms in total. The molecule has 7 heteroatoms. The van der Waals surface area contributed by atoms with E-state index in [1.807, 2.05) is 35.0 Å². The molecule has 3 aromatic rings. The first-order valence-electron chi connectivity index (χ1n) is 13.4. The van der Waals surface area contributed by atoms with Gasteiger partial charge in [-0.25, -0.2) is 14.5 Å². The average Bonchev–Trinajstić information content (AvgIpc) is 3.51. The number of carbonyl (C=O) groups is 1. The molecule has 3 aliphatic rings. The van der Waals surface area contributed by atoms with Gasteiger partial charge in [-0.3, -0.25) is 0 Å². The van der Waals surface area contributed by atoms with Crippen molar-refractivity contribution in [3.63, 3.8) is 0 Å². The molecule has 1 aliphatic carbocycles. The molecular weight excluding hydrogens is 438 g/mol. The Morgan fingerprint density at radius 1 is 0.971 bits per heavy atom. The minimum atomic E-state index is -0.986. The van der Waals surface area contributed by atoms with Gasteiger partial charge in [-0.1, -0.05) is 24.6 Å². The highest BCUT2D eigenvalue weighted by atomic mass is 16.4. The molecule has 1 saturated carbocycles. The van der Waals surface area contributed by atoms with Crippen molar-refractivity contribution in [2.24, 2.45) is 5.92 Å². The molecule has 0 radical (unpaired) electrons. The van der Waals surface area contributed by atoms with Crippen LogP contribution in [0.25, 0.3) is 16.7 Å². The largest absolute Gasteiger partial charge is 0.477 e. The smallest absolute Gasteiger partial charge is 0.354 e. The van der Waals surface area contributed by atoms with E-state index >= 15 is 0 Å². The lowest BCUT2D eigenvalue weighted by molar-refractivity contribution is 0.0691. The van der Waals surface area contributed by atoms with Crippen LogP contribution in [0.1, 0.15) is 73.5 Å². The van der Waals surface area contributed by atoms with Crippen LogP contribution in [-0.2, 0) is 0 Å². The zero-order chi connectivity index (χ0) is 23.8. The molecule has 3 fully saturated rings. The van der Waals surface area contributed by atoms with Crippen molar-refractivity contribution in [3.05, 3.63) is 47.8 Å². The van der Waals surface area contributed by atoms with E-state index in [-0.39, 0.29) is 5.69 Å². The first kappa shape index (κ1) is 22.5. The SMILES string of the molecule is O=C(O)c1cc(N2CCC(CCN3CCCC3)CC2)c2c(C3CCC3)nn(-c3ccccc3)c2n1. The number of carboxylic acid groups (broad SMARTS) is 1. The Bertz CT molecular complexity index is 1190. The van der Waals surface area contributed by atoms with Gasteiger partial charge in [0.25, 0.3) is 0 Å². The molecule has 1 N–H and O–H groups in total. The lowest BCUT2D eigenvalue weighted by atomic mass is 9.81. The summed E-state index contributed by atoms with van der Waals surface area (Å²) in [5, 5.41) is 16.0. The van der Waals surface area contributed by atoms with Crippen LogP contribution in [0.4, 0.5) is 5.69 Å². The van der Waals surface area contributed by atoms with Gasteiger partial charge < -0.3 is 14.9 Å². The maximum absolute atomic E-state index is 12.1. The second-order valence-corrected chi connectivity index (χ2v) is 10.6. The van der Waals surface area contributed by atoms with Crippen molar-refractivity contribution >= 4 is 22.7 Å². The summed E-state index contributed by atoms with van der Waals surface area (Å²) in [5.74, 6) is 0.192. The van der Waals surface area contributed by atoms with Crippen molar-refractivity contribution in [2.45, 2.75) is 57.3 Å². The fourth-order valence-electron chi connectivity index (χ4n) is 6.03. The second-order valence-electron chi connectivity index (χ2n) is 10.6. The van der Waals surface area contributed by atoms with E-state index in [2.05, 4.69) is 14.8 Å². The van der Waals surface area contributed by atoms with Gasteiger partial charge in [0.2, 0.25) is 0 Å². The maximum atomic E-state index is 12.1. The van der Waals surface area contributed by atoms with E-state index < -0.39 is 5.97 Å². The van der Waals surface area contributed by atoms with Gasteiger partial charge in [-0.05, 0) is 88.7 Å². The number of para-hydroxylation sites is 1. The summed E-state index contributed by atoms with van der Waals surface area (Å²) < 4.78 is 1.86. The first-order valence-corrected chi connectivity index (χ1v) is 13.4. The number of nitrogens with zero attached hydrogens (tertiary/aromatic N) is 5. The molecular formula is C28H35N5O2. The number of pyridine rings is 1. The maximum Gasteiger partial charge on any atom is 0.354 e. The van der Waals surface area contributed by atoms with Crippen LogP contribution in [0, 0.1) is 5.92 Å². The fraction of sp³-hybridized carbons (Fsp3) is 0.536. The van der Waals surface area contributed by atoms with Crippen LogP contribution in [0.2, 0.25) is 0 Å². The predicted octanol–water partition coefficient (Wildman–Crippen LogP) is 5.09. The Hall–Kier alpha value is -2.93. The number of aromatic carboxylic acids is 1. The fourth-order valence-corrected chi connectivity index (χ4v) is 6.03. The molecule has 4 heterocycles. The minimum Gasteiger partial charge on any atom is -0.477 e. The van der Waals surface area contributed by atoms with Crippen LogP contribution < -0.4 is 4.90 Å². The number of aromatic nitrogens is 3. The van der Waals surface area contributed by atoms with E-state index in [1.54, 1.807) is 6.07 Å². The predicted molar refractivity (Wildman–Crippen MR) is 138 cm³/mol. The Balaban J connectivity index is 1.34. The molecule has 2 aromatic heterocycles. The van der Waals surface area contributed by atoms with Crippen molar-refractivity contribution in [3.8, 4) is 5.69 Å². The lowest BCUT2D eigenvalue weighted by Crippen LogP contribution is -2.35. The van der Waals surface area contributed by atoms with Crippen LogP contribution in [-0.4, -0.2) is 63.5 Å². The summed E-state index contributed by atoms with van der Waals surface area (Å²) in [6.45, 7) is 5.68. The highest BCUT2D eigenvalue weighted by Gasteiger charge is 2.31. The van der Waals surface area contributed by atoms with Crippen LogP contribution in [0.3, 0.4) is 0 Å². The molecule has 6 rings (SSSR count). The third-order valence-corrected chi connectivity index (χ3v) is 8.36. The summed E-state index contributed by atoms with van der Waals surface area (Å²) in [4.78, 5) is 21.7. The summed E-state index contributed by atoms with van der Waals surface area (Å²) in [6.07, 6.45) is 9.79. The number of likely N-dealkylation sites (tertiary alicyclic amines) is 1. The van der Waals surface area contributed by atoms with Crippen LogP contribution in [0.5, 0.6) is 0 Å². The Labute approximate surface area is 206 Å². The van der Waals surface area contributed by atoms with E-state index in [0.29, 0.717) is 11.6 Å². The zero-order valence-electron chi connectivity index (χ0n) is 20.4. The number of hydrogen-bond acceptors (Lipinski definition) is 5. The lowest BCUT2D eigenvalue weighted by Gasteiger charge is -2.35. The molecule has 0 spiro atoms. The summed E-state index contributed by atoms with van der Waals surface area (Å²) >= 11 is 0. The molecule has 0 atom stereocenters. The number of benzene rings is 1. The van der Waals surface area contributed by atoms with Crippen molar-refractivity contribution < 1.29 is 9.90 Å². The summed E-state index contributed by atoms with van der Waals surface area (Å²) in [7, 11) is 0. The minimum absolute atomic E-state index is 0.0981. The molecule has 0 bridgehead atoms. The van der Waals surface area contributed by atoms with Gasteiger partial charge in [0.15, 0.2) is 11.3 Å². The molecule has 0 unspecified atom stereocenters. The topological polar surface area (TPSA) is 74.5 Å². The van der Waals surface area contributed by atoms with Gasteiger partial charge in [-0.15, -0.1) is 0 Å². The third kappa shape index (κ3) is 4.42. The van der Waals surface area contributed by atoms with Gasteiger partial charge in [0.1, 0.15) is 0 Å². The third-order valence-electron chi connectivity index (χ3n) is 8.36. The molecule has 35 heavy (non-hydrogen) atoms. The number of fused-ring (bicyclic) bond motifs is 1. The quantitative estimate of drug-likeness (QED) is 0.515. The van der Waals surface area contributed by atoms with Gasteiger partial charge in [0.05, 0.1) is 22.5 Å². The Morgan fingerprint density at radius 3 is 2.37 bits per heavy atom. The van der Waals surface area contributed by atoms with Crippen LogP contribution in [0.15, 0.2) is 36.4 Å². The Morgan fingerprint density at radius 2 is 1.71 bits per heavy atom.